The maximum absolute atomic E-state index is 12.3. The van der Waals surface area contributed by atoms with E-state index in [0.717, 1.165) is 4.47 Å². The molecular weight excluding hydrogens is 298 g/mol. The van der Waals surface area contributed by atoms with Crippen LogP contribution in [0.5, 0.6) is 0 Å². The van der Waals surface area contributed by atoms with Crippen LogP contribution in [0.4, 0.5) is 0 Å². The van der Waals surface area contributed by atoms with Gasteiger partial charge in [-0.2, -0.15) is 0 Å². The van der Waals surface area contributed by atoms with Crippen molar-refractivity contribution >= 4 is 21.8 Å². The highest BCUT2D eigenvalue weighted by atomic mass is 79.9. The molecular formula is C13H18BrNO3. The monoisotopic (exact) mass is 315 g/mol. The van der Waals surface area contributed by atoms with Gasteiger partial charge in [0, 0.05) is 37.3 Å². The Labute approximate surface area is 116 Å². The molecule has 5 heteroatoms. The van der Waals surface area contributed by atoms with Crippen LogP contribution in [0.15, 0.2) is 28.7 Å². The molecule has 1 aromatic rings. The van der Waals surface area contributed by atoms with Gasteiger partial charge < -0.3 is 14.4 Å². The Hall–Kier alpha value is -0.910. The number of amides is 1. The van der Waals surface area contributed by atoms with Crippen LogP contribution in [0, 0.1) is 0 Å². The average Bonchev–Trinajstić information content (AvgIpc) is 2.39. The number of methoxy groups -OCH3 is 2. The minimum atomic E-state index is -0.00315. The van der Waals surface area contributed by atoms with Gasteiger partial charge in [0.25, 0.3) is 5.91 Å². The molecule has 0 heterocycles. The number of rotatable bonds is 7. The summed E-state index contributed by atoms with van der Waals surface area (Å²) < 4.78 is 11.0. The van der Waals surface area contributed by atoms with Gasteiger partial charge in [0.1, 0.15) is 0 Å². The Kier molecular flexibility index (Phi) is 6.93. The van der Waals surface area contributed by atoms with Crippen molar-refractivity contribution < 1.29 is 14.3 Å². The fraction of sp³-hybridized carbons (Fsp3) is 0.462. The first-order chi connectivity index (χ1) is 8.69. The van der Waals surface area contributed by atoms with E-state index in [1.54, 1.807) is 31.3 Å². The highest BCUT2D eigenvalue weighted by Gasteiger charge is 2.14. The first-order valence-electron chi connectivity index (χ1n) is 5.71. The van der Waals surface area contributed by atoms with Crippen LogP contribution in [0.1, 0.15) is 10.4 Å². The number of nitrogens with zero attached hydrogens (tertiary/aromatic N) is 1. The van der Waals surface area contributed by atoms with Crippen molar-refractivity contribution in [2.45, 2.75) is 0 Å². The van der Waals surface area contributed by atoms with Gasteiger partial charge in [0.05, 0.1) is 13.2 Å². The summed E-state index contributed by atoms with van der Waals surface area (Å²) in [7, 11) is 3.25. The molecule has 1 amide bonds. The van der Waals surface area contributed by atoms with Crippen LogP contribution in [0.2, 0.25) is 0 Å². The molecule has 100 valence electrons. The molecule has 0 aliphatic carbocycles. The van der Waals surface area contributed by atoms with Gasteiger partial charge in [-0.3, -0.25) is 4.79 Å². The second kappa shape index (κ2) is 8.24. The maximum atomic E-state index is 12.3. The molecule has 0 N–H and O–H groups in total. The zero-order chi connectivity index (χ0) is 13.4. The Balaban J connectivity index is 2.70. The smallest absolute Gasteiger partial charge is 0.254 e. The molecule has 0 spiro atoms. The summed E-state index contributed by atoms with van der Waals surface area (Å²) in [4.78, 5) is 14.0. The van der Waals surface area contributed by atoms with Crippen LogP contribution < -0.4 is 0 Å². The van der Waals surface area contributed by atoms with Crippen molar-refractivity contribution in [3.05, 3.63) is 34.3 Å². The van der Waals surface area contributed by atoms with Crippen LogP contribution in [-0.4, -0.2) is 51.3 Å². The summed E-state index contributed by atoms with van der Waals surface area (Å²) in [5.41, 5.74) is 0.672. The van der Waals surface area contributed by atoms with Crippen molar-refractivity contribution in [2.24, 2.45) is 0 Å². The quantitative estimate of drug-likeness (QED) is 0.774. The van der Waals surface area contributed by atoms with Gasteiger partial charge in [0.15, 0.2) is 0 Å². The van der Waals surface area contributed by atoms with Gasteiger partial charge in [0.2, 0.25) is 0 Å². The van der Waals surface area contributed by atoms with E-state index in [4.69, 9.17) is 9.47 Å². The molecule has 0 radical (unpaired) electrons. The molecule has 1 rings (SSSR count). The third-order valence-corrected chi connectivity index (χ3v) is 3.04. The number of hydrogen-bond donors (Lipinski definition) is 0. The molecule has 0 fully saturated rings. The van der Waals surface area contributed by atoms with Crippen LogP contribution >= 0.6 is 15.9 Å². The van der Waals surface area contributed by atoms with E-state index in [1.165, 1.54) is 0 Å². The maximum Gasteiger partial charge on any atom is 0.254 e. The van der Waals surface area contributed by atoms with E-state index in [0.29, 0.717) is 31.9 Å². The molecule has 0 saturated carbocycles. The van der Waals surface area contributed by atoms with Crippen LogP contribution in [0.3, 0.4) is 0 Å². The first-order valence-corrected chi connectivity index (χ1v) is 6.51. The molecule has 18 heavy (non-hydrogen) atoms. The average molecular weight is 316 g/mol. The number of benzene rings is 1. The molecule has 0 saturated heterocycles. The van der Waals surface area contributed by atoms with E-state index in [1.807, 2.05) is 12.1 Å². The minimum absolute atomic E-state index is 0.00315. The van der Waals surface area contributed by atoms with Crippen molar-refractivity contribution in [1.29, 1.82) is 0 Å². The minimum Gasteiger partial charge on any atom is -0.383 e. The van der Waals surface area contributed by atoms with E-state index in [2.05, 4.69) is 15.9 Å². The third-order valence-electron chi connectivity index (χ3n) is 2.51. The Morgan fingerprint density at radius 1 is 1.11 bits per heavy atom. The lowest BCUT2D eigenvalue weighted by molar-refractivity contribution is 0.0627. The highest BCUT2D eigenvalue weighted by molar-refractivity contribution is 9.10. The second-order valence-corrected chi connectivity index (χ2v) is 4.70. The van der Waals surface area contributed by atoms with Crippen LogP contribution in [0.25, 0.3) is 0 Å². The van der Waals surface area contributed by atoms with Gasteiger partial charge in [-0.15, -0.1) is 0 Å². The summed E-state index contributed by atoms with van der Waals surface area (Å²) in [5.74, 6) is -0.00315. The van der Waals surface area contributed by atoms with Crippen LogP contribution in [-0.2, 0) is 9.47 Å². The molecule has 0 aromatic heterocycles. The van der Waals surface area contributed by atoms with E-state index in [-0.39, 0.29) is 5.91 Å². The van der Waals surface area contributed by atoms with Gasteiger partial charge >= 0.3 is 0 Å². The molecule has 0 aliphatic rings. The fourth-order valence-electron chi connectivity index (χ4n) is 1.49. The number of carbonyl (C=O) groups excluding carboxylic acids is 1. The van der Waals surface area contributed by atoms with Gasteiger partial charge in [-0.1, -0.05) is 15.9 Å². The largest absolute Gasteiger partial charge is 0.383 e. The van der Waals surface area contributed by atoms with E-state index in [9.17, 15) is 4.79 Å². The standard InChI is InChI=1S/C13H18BrNO3/c1-17-9-7-15(8-10-18-2)13(16)11-3-5-12(14)6-4-11/h3-6H,7-10H2,1-2H3. The molecule has 0 aliphatic heterocycles. The van der Waals surface area contributed by atoms with E-state index >= 15 is 0 Å². The van der Waals surface area contributed by atoms with Crippen molar-refractivity contribution in [1.82, 2.24) is 4.90 Å². The summed E-state index contributed by atoms with van der Waals surface area (Å²) in [6, 6.07) is 7.33. The lowest BCUT2D eigenvalue weighted by Crippen LogP contribution is -2.36. The van der Waals surface area contributed by atoms with Crippen molar-refractivity contribution in [3.8, 4) is 0 Å². The number of halogens is 1. The molecule has 4 nitrogen and oxygen atoms in total. The Morgan fingerprint density at radius 3 is 2.06 bits per heavy atom. The molecule has 0 unspecified atom stereocenters. The predicted octanol–water partition coefficient (Wildman–Crippen LogP) is 2.18. The molecule has 1 aromatic carbocycles. The summed E-state index contributed by atoms with van der Waals surface area (Å²) >= 11 is 3.35. The topological polar surface area (TPSA) is 38.8 Å². The molecule has 0 bridgehead atoms. The van der Waals surface area contributed by atoms with E-state index < -0.39 is 0 Å². The second-order valence-electron chi connectivity index (χ2n) is 3.78. The third kappa shape index (κ3) is 4.76. The highest BCUT2D eigenvalue weighted by Crippen LogP contribution is 2.12. The van der Waals surface area contributed by atoms with Crippen molar-refractivity contribution in [2.75, 3.05) is 40.5 Å². The lowest BCUT2D eigenvalue weighted by Gasteiger charge is -2.22. The normalized spacial score (nSPS) is 10.4. The van der Waals surface area contributed by atoms with Crippen molar-refractivity contribution in [3.63, 3.8) is 0 Å². The molecule has 0 atom stereocenters. The van der Waals surface area contributed by atoms with Gasteiger partial charge in [-0.05, 0) is 24.3 Å². The Morgan fingerprint density at radius 2 is 1.61 bits per heavy atom. The zero-order valence-corrected chi connectivity index (χ0v) is 12.3. The number of hydrogen-bond acceptors (Lipinski definition) is 3. The number of ether oxygens (including phenoxy) is 2. The SMILES string of the molecule is COCCN(CCOC)C(=O)c1ccc(Br)cc1. The number of carbonyl (C=O) groups is 1. The predicted molar refractivity (Wildman–Crippen MR) is 73.8 cm³/mol. The van der Waals surface area contributed by atoms with Gasteiger partial charge in [-0.25, -0.2) is 0 Å². The lowest BCUT2D eigenvalue weighted by atomic mass is 10.2. The summed E-state index contributed by atoms with van der Waals surface area (Å²) in [6.07, 6.45) is 0. The Bertz CT molecular complexity index is 359. The zero-order valence-electron chi connectivity index (χ0n) is 10.7. The summed E-state index contributed by atoms with van der Waals surface area (Å²) in [6.45, 7) is 2.17. The first kappa shape index (κ1) is 15.1. The fourth-order valence-corrected chi connectivity index (χ4v) is 1.76. The summed E-state index contributed by atoms with van der Waals surface area (Å²) in [5, 5.41) is 0.